The van der Waals surface area contributed by atoms with Crippen molar-refractivity contribution < 1.29 is 9.53 Å². The highest BCUT2D eigenvalue weighted by Gasteiger charge is 2.15. The monoisotopic (exact) mass is 326 g/mol. The summed E-state index contributed by atoms with van der Waals surface area (Å²) in [5.74, 6) is 0.594. The van der Waals surface area contributed by atoms with Gasteiger partial charge in [0, 0.05) is 6.54 Å². The molecule has 0 spiro atoms. The molecule has 0 heterocycles. The zero-order chi connectivity index (χ0) is 17.4. The molecule has 1 amide bonds. The number of ether oxygens (including phenoxy) is 1. The van der Waals surface area contributed by atoms with E-state index in [1.165, 1.54) is 5.56 Å². The Bertz CT molecular complexity index is 624. The molecule has 2 rings (SSSR count). The fraction of sp³-hybridized carbons (Fsp3) is 0.350. The van der Waals surface area contributed by atoms with Gasteiger partial charge in [-0.25, -0.2) is 0 Å². The van der Waals surface area contributed by atoms with Crippen molar-refractivity contribution in [1.29, 1.82) is 0 Å². The van der Waals surface area contributed by atoms with Crippen molar-refractivity contribution in [2.75, 3.05) is 27.2 Å². The van der Waals surface area contributed by atoms with Crippen molar-refractivity contribution in [2.24, 2.45) is 0 Å². The van der Waals surface area contributed by atoms with E-state index in [2.05, 4.69) is 17.1 Å². The minimum Gasteiger partial charge on any atom is -0.484 e. The van der Waals surface area contributed by atoms with Gasteiger partial charge >= 0.3 is 0 Å². The zero-order valence-corrected chi connectivity index (χ0v) is 14.7. The Kier molecular flexibility index (Phi) is 6.82. The van der Waals surface area contributed by atoms with E-state index in [0.717, 1.165) is 18.5 Å². The second-order valence-corrected chi connectivity index (χ2v) is 6.08. The van der Waals surface area contributed by atoms with Gasteiger partial charge in [-0.3, -0.25) is 4.79 Å². The lowest BCUT2D eigenvalue weighted by molar-refractivity contribution is -0.124. The third-order valence-corrected chi connectivity index (χ3v) is 3.79. The van der Waals surface area contributed by atoms with Crippen LogP contribution in [0.4, 0.5) is 0 Å². The van der Waals surface area contributed by atoms with Gasteiger partial charge in [0.1, 0.15) is 5.75 Å². The molecule has 1 N–H and O–H groups in total. The molecule has 0 saturated heterocycles. The van der Waals surface area contributed by atoms with Gasteiger partial charge in [0.15, 0.2) is 6.61 Å². The van der Waals surface area contributed by atoms with Gasteiger partial charge in [0.05, 0.1) is 6.04 Å². The van der Waals surface area contributed by atoms with E-state index in [1.807, 2.05) is 68.7 Å². The number of aryl methyl sites for hydroxylation is 1. The fourth-order valence-corrected chi connectivity index (χ4v) is 2.49. The van der Waals surface area contributed by atoms with Crippen molar-refractivity contribution in [3.05, 3.63) is 65.7 Å². The summed E-state index contributed by atoms with van der Waals surface area (Å²) >= 11 is 0. The van der Waals surface area contributed by atoms with Gasteiger partial charge in [-0.05, 0) is 43.8 Å². The van der Waals surface area contributed by atoms with Gasteiger partial charge in [0.25, 0.3) is 5.91 Å². The zero-order valence-electron chi connectivity index (χ0n) is 14.7. The second-order valence-electron chi connectivity index (χ2n) is 6.08. The molecule has 24 heavy (non-hydrogen) atoms. The quantitative estimate of drug-likeness (QED) is 0.811. The number of nitrogens with zero attached hydrogens (tertiary/aromatic N) is 1. The van der Waals surface area contributed by atoms with Crippen molar-refractivity contribution in [3.63, 3.8) is 0 Å². The Labute approximate surface area is 144 Å². The van der Waals surface area contributed by atoms with Crippen LogP contribution in [0.5, 0.6) is 5.75 Å². The van der Waals surface area contributed by atoms with E-state index in [4.69, 9.17) is 4.74 Å². The molecule has 0 unspecified atom stereocenters. The molecule has 0 aliphatic heterocycles. The Hall–Kier alpha value is -2.33. The fourth-order valence-electron chi connectivity index (χ4n) is 2.49. The number of benzene rings is 2. The van der Waals surface area contributed by atoms with Crippen LogP contribution in [-0.2, 0) is 11.2 Å². The van der Waals surface area contributed by atoms with Crippen LogP contribution in [0.25, 0.3) is 0 Å². The first-order chi connectivity index (χ1) is 11.6. The number of rotatable bonds is 8. The Morgan fingerprint density at radius 1 is 1.08 bits per heavy atom. The van der Waals surface area contributed by atoms with Crippen molar-refractivity contribution in [3.8, 4) is 5.75 Å². The topological polar surface area (TPSA) is 41.6 Å². The van der Waals surface area contributed by atoms with Crippen molar-refractivity contribution in [2.45, 2.75) is 19.4 Å². The molecule has 128 valence electrons. The minimum atomic E-state index is -0.120. The van der Waals surface area contributed by atoms with Crippen LogP contribution in [0.1, 0.15) is 24.1 Å². The SMILES string of the molecule is CCc1ccc(OCC(=O)N[C@H](CN(C)C)c2ccccc2)cc1. The molecular formula is C20H26N2O2. The maximum Gasteiger partial charge on any atom is 0.258 e. The third-order valence-electron chi connectivity index (χ3n) is 3.79. The summed E-state index contributed by atoms with van der Waals surface area (Å²) in [6.45, 7) is 2.86. The Balaban J connectivity index is 1.92. The predicted molar refractivity (Wildman–Crippen MR) is 97.2 cm³/mol. The maximum absolute atomic E-state index is 12.3. The molecule has 2 aromatic carbocycles. The Morgan fingerprint density at radius 3 is 2.33 bits per heavy atom. The summed E-state index contributed by atoms with van der Waals surface area (Å²) in [6, 6.07) is 17.8. The molecule has 0 aliphatic rings. The van der Waals surface area contributed by atoms with Crippen molar-refractivity contribution in [1.82, 2.24) is 10.2 Å². The molecule has 0 aromatic heterocycles. The van der Waals surface area contributed by atoms with Crippen LogP contribution >= 0.6 is 0 Å². The molecule has 0 saturated carbocycles. The number of hydrogen-bond acceptors (Lipinski definition) is 3. The molecule has 0 aliphatic carbocycles. The van der Waals surface area contributed by atoms with E-state index in [0.29, 0.717) is 5.75 Å². The van der Waals surface area contributed by atoms with Gasteiger partial charge < -0.3 is 15.0 Å². The lowest BCUT2D eigenvalue weighted by Crippen LogP contribution is -2.37. The van der Waals surface area contributed by atoms with Gasteiger partial charge in [-0.2, -0.15) is 0 Å². The van der Waals surface area contributed by atoms with Crippen LogP contribution in [0, 0.1) is 0 Å². The first-order valence-electron chi connectivity index (χ1n) is 8.29. The molecule has 0 radical (unpaired) electrons. The van der Waals surface area contributed by atoms with Gasteiger partial charge in [-0.15, -0.1) is 0 Å². The number of carbonyl (C=O) groups excluding carboxylic acids is 1. The smallest absolute Gasteiger partial charge is 0.258 e. The van der Waals surface area contributed by atoms with E-state index >= 15 is 0 Å². The molecule has 4 heteroatoms. The standard InChI is InChI=1S/C20H26N2O2/c1-4-16-10-12-18(13-11-16)24-15-20(23)21-19(14-22(2)3)17-8-6-5-7-9-17/h5-13,19H,4,14-15H2,1-3H3,(H,21,23)/t19-/m1/s1. The molecule has 0 bridgehead atoms. The average molecular weight is 326 g/mol. The number of hydrogen-bond donors (Lipinski definition) is 1. The number of nitrogens with one attached hydrogen (secondary N) is 1. The highest BCUT2D eigenvalue weighted by atomic mass is 16.5. The van der Waals surface area contributed by atoms with E-state index in [9.17, 15) is 4.79 Å². The average Bonchev–Trinajstić information content (AvgIpc) is 2.60. The summed E-state index contributed by atoms with van der Waals surface area (Å²) in [7, 11) is 3.99. The van der Waals surface area contributed by atoms with Crippen LogP contribution < -0.4 is 10.1 Å². The minimum absolute atomic E-state index is 0.0161. The maximum atomic E-state index is 12.3. The van der Waals surface area contributed by atoms with Crippen molar-refractivity contribution >= 4 is 5.91 Å². The van der Waals surface area contributed by atoms with E-state index in [-0.39, 0.29) is 18.6 Å². The van der Waals surface area contributed by atoms with Gasteiger partial charge in [0.2, 0.25) is 0 Å². The highest BCUT2D eigenvalue weighted by molar-refractivity contribution is 5.78. The number of carbonyl (C=O) groups is 1. The number of amides is 1. The van der Waals surface area contributed by atoms with Crippen LogP contribution in [0.2, 0.25) is 0 Å². The lowest BCUT2D eigenvalue weighted by atomic mass is 10.1. The third kappa shape index (κ3) is 5.70. The molecule has 4 nitrogen and oxygen atoms in total. The first-order valence-corrected chi connectivity index (χ1v) is 8.29. The summed E-state index contributed by atoms with van der Waals surface area (Å²) in [5, 5.41) is 3.05. The van der Waals surface area contributed by atoms with Crippen LogP contribution in [-0.4, -0.2) is 38.1 Å². The molecular weight excluding hydrogens is 300 g/mol. The predicted octanol–water partition coefficient (Wildman–Crippen LogP) is 3.05. The number of likely N-dealkylation sites (N-methyl/N-ethyl adjacent to an activating group) is 1. The van der Waals surface area contributed by atoms with E-state index in [1.54, 1.807) is 0 Å². The first kappa shape index (κ1) is 18.0. The largest absolute Gasteiger partial charge is 0.484 e. The summed E-state index contributed by atoms with van der Waals surface area (Å²) in [5.41, 5.74) is 2.34. The van der Waals surface area contributed by atoms with E-state index < -0.39 is 0 Å². The second kappa shape index (κ2) is 9.08. The molecule has 1 atom stereocenters. The summed E-state index contributed by atoms with van der Waals surface area (Å²) in [4.78, 5) is 14.3. The molecule has 0 fully saturated rings. The highest BCUT2D eigenvalue weighted by Crippen LogP contribution is 2.14. The lowest BCUT2D eigenvalue weighted by Gasteiger charge is -2.23. The van der Waals surface area contributed by atoms with Crippen LogP contribution in [0.3, 0.4) is 0 Å². The molecule has 2 aromatic rings. The summed E-state index contributed by atoms with van der Waals surface area (Å²) < 4.78 is 5.58. The van der Waals surface area contributed by atoms with Crippen LogP contribution in [0.15, 0.2) is 54.6 Å². The normalized spacial score (nSPS) is 12.0. The Morgan fingerprint density at radius 2 is 1.75 bits per heavy atom. The summed E-state index contributed by atoms with van der Waals surface area (Å²) in [6.07, 6.45) is 0.990. The van der Waals surface area contributed by atoms with Gasteiger partial charge in [-0.1, -0.05) is 49.4 Å².